The van der Waals surface area contributed by atoms with Crippen molar-refractivity contribution in [3.63, 3.8) is 0 Å². The first kappa shape index (κ1) is 17.2. The van der Waals surface area contributed by atoms with E-state index in [2.05, 4.69) is 49.3 Å². The first-order chi connectivity index (χ1) is 11.2. The molecule has 1 heterocycles. The Morgan fingerprint density at radius 2 is 1.70 bits per heavy atom. The lowest BCUT2D eigenvalue weighted by molar-refractivity contribution is 0.0934. The van der Waals surface area contributed by atoms with Crippen molar-refractivity contribution in [1.82, 2.24) is 10.3 Å². The Hall–Kier alpha value is -2.16. The van der Waals surface area contributed by atoms with Crippen LogP contribution in [0.25, 0.3) is 0 Å². The highest BCUT2D eigenvalue weighted by Crippen LogP contribution is 2.25. The van der Waals surface area contributed by atoms with Crippen LogP contribution in [-0.4, -0.2) is 10.9 Å². The summed E-state index contributed by atoms with van der Waals surface area (Å²) in [6.07, 6.45) is 5.92. The fraction of sp³-hybridized carbons (Fsp3) is 0.400. The molecule has 0 aliphatic carbocycles. The average molecular weight is 310 g/mol. The van der Waals surface area contributed by atoms with Crippen molar-refractivity contribution >= 4 is 5.91 Å². The van der Waals surface area contributed by atoms with Crippen LogP contribution in [0.4, 0.5) is 0 Å². The quantitative estimate of drug-likeness (QED) is 0.819. The number of benzene rings is 1. The minimum absolute atomic E-state index is 0.0196. The largest absolute Gasteiger partial charge is 0.344 e. The summed E-state index contributed by atoms with van der Waals surface area (Å²) >= 11 is 0. The van der Waals surface area contributed by atoms with Crippen LogP contribution in [0.2, 0.25) is 0 Å². The van der Waals surface area contributed by atoms with Gasteiger partial charge >= 0.3 is 0 Å². The predicted molar refractivity (Wildman–Crippen MR) is 94.6 cm³/mol. The van der Waals surface area contributed by atoms with E-state index in [9.17, 15) is 4.79 Å². The molecule has 0 aliphatic heterocycles. The van der Waals surface area contributed by atoms with Crippen LogP contribution in [0.15, 0.2) is 42.6 Å². The molecule has 3 heteroatoms. The molecule has 0 fully saturated rings. The van der Waals surface area contributed by atoms with E-state index < -0.39 is 0 Å². The van der Waals surface area contributed by atoms with Crippen molar-refractivity contribution in [2.24, 2.45) is 0 Å². The number of amides is 1. The zero-order chi connectivity index (χ0) is 16.7. The molecule has 1 aromatic heterocycles. The number of aromatic nitrogens is 1. The van der Waals surface area contributed by atoms with E-state index in [1.165, 1.54) is 16.7 Å². The first-order valence-corrected chi connectivity index (χ1v) is 8.49. The van der Waals surface area contributed by atoms with E-state index in [0.717, 1.165) is 25.7 Å². The maximum absolute atomic E-state index is 12.4. The normalized spacial score (nSPS) is 12.0. The van der Waals surface area contributed by atoms with Gasteiger partial charge in [-0.3, -0.25) is 9.78 Å². The molecular formula is C20H26N2O. The smallest absolute Gasteiger partial charge is 0.270 e. The highest BCUT2D eigenvalue weighted by molar-refractivity contribution is 5.92. The second-order valence-corrected chi connectivity index (χ2v) is 5.90. The van der Waals surface area contributed by atoms with Crippen LogP contribution in [0.1, 0.15) is 66.8 Å². The monoisotopic (exact) mass is 310 g/mol. The zero-order valence-electron chi connectivity index (χ0n) is 14.3. The first-order valence-electron chi connectivity index (χ1n) is 8.49. The van der Waals surface area contributed by atoms with Crippen LogP contribution >= 0.6 is 0 Å². The second kappa shape index (κ2) is 8.47. The number of rotatable bonds is 7. The molecule has 0 saturated carbocycles. The minimum atomic E-state index is -0.119. The SMILES string of the molecule is CCCc1cccc(CCC)c1[C@@H](C)NC(=O)c1ccccn1. The molecule has 0 saturated heterocycles. The number of nitrogens with one attached hydrogen (secondary N) is 1. The highest BCUT2D eigenvalue weighted by atomic mass is 16.1. The molecule has 0 spiro atoms. The molecule has 122 valence electrons. The Balaban J connectivity index is 2.26. The van der Waals surface area contributed by atoms with Gasteiger partial charge in [0.1, 0.15) is 5.69 Å². The molecule has 2 aromatic rings. The number of hydrogen-bond acceptors (Lipinski definition) is 2. The Morgan fingerprint density at radius 1 is 1.04 bits per heavy atom. The van der Waals surface area contributed by atoms with Crippen molar-refractivity contribution in [3.8, 4) is 0 Å². The van der Waals surface area contributed by atoms with Crippen LogP contribution in [0.5, 0.6) is 0 Å². The van der Waals surface area contributed by atoms with Crippen LogP contribution in [0.3, 0.4) is 0 Å². The number of pyridine rings is 1. The van der Waals surface area contributed by atoms with Crippen molar-refractivity contribution in [2.75, 3.05) is 0 Å². The van der Waals surface area contributed by atoms with Gasteiger partial charge < -0.3 is 5.32 Å². The van der Waals surface area contributed by atoms with Crippen molar-refractivity contribution in [3.05, 3.63) is 65.0 Å². The Labute approximate surface area is 139 Å². The van der Waals surface area contributed by atoms with Crippen LogP contribution < -0.4 is 5.32 Å². The van der Waals surface area contributed by atoms with E-state index in [1.54, 1.807) is 12.3 Å². The molecule has 1 aromatic carbocycles. The van der Waals surface area contributed by atoms with Crippen molar-refractivity contribution in [1.29, 1.82) is 0 Å². The van der Waals surface area contributed by atoms with Gasteiger partial charge in [0.05, 0.1) is 6.04 Å². The third kappa shape index (κ3) is 4.41. The van der Waals surface area contributed by atoms with Gasteiger partial charge in [0.2, 0.25) is 0 Å². The number of carbonyl (C=O) groups is 1. The van der Waals surface area contributed by atoms with Crippen LogP contribution in [-0.2, 0) is 12.8 Å². The molecule has 1 amide bonds. The Bertz CT molecular complexity index is 613. The van der Waals surface area contributed by atoms with Gasteiger partial charge in [-0.2, -0.15) is 0 Å². The van der Waals surface area contributed by atoms with Gasteiger partial charge in [-0.1, -0.05) is 51.0 Å². The fourth-order valence-corrected chi connectivity index (χ4v) is 3.04. The molecule has 1 atom stereocenters. The molecule has 0 bridgehead atoms. The number of carbonyl (C=O) groups excluding carboxylic acids is 1. The molecule has 23 heavy (non-hydrogen) atoms. The van der Waals surface area contributed by atoms with Gasteiger partial charge in [-0.15, -0.1) is 0 Å². The van der Waals surface area contributed by atoms with Crippen LogP contribution in [0, 0.1) is 0 Å². The van der Waals surface area contributed by atoms with Gasteiger partial charge in [0.25, 0.3) is 5.91 Å². The summed E-state index contributed by atoms with van der Waals surface area (Å²) in [5.41, 5.74) is 4.42. The minimum Gasteiger partial charge on any atom is -0.344 e. The lowest BCUT2D eigenvalue weighted by atomic mass is 9.91. The summed E-state index contributed by atoms with van der Waals surface area (Å²) < 4.78 is 0. The lowest BCUT2D eigenvalue weighted by Gasteiger charge is -2.21. The Morgan fingerprint density at radius 3 is 2.22 bits per heavy atom. The fourth-order valence-electron chi connectivity index (χ4n) is 3.04. The summed E-state index contributed by atoms with van der Waals surface area (Å²) in [4.78, 5) is 16.5. The summed E-state index contributed by atoms with van der Waals surface area (Å²) in [7, 11) is 0. The predicted octanol–water partition coefficient (Wildman–Crippen LogP) is 4.48. The average Bonchev–Trinajstić information content (AvgIpc) is 2.56. The standard InChI is InChI=1S/C20H26N2O/c1-4-9-16-11-8-12-17(10-5-2)19(16)15(3)22-20(23)18-13-6-7-14-21-18/h6-8,11-15H,4-5,9-10H2,1-3H3,(H,22,23)/t15-/m1/s1. The van der Waals surface area contributed by atoms with E-state index in [0.29, 0.717) is 5.69 Å². The molecule has 3 nitrogen and oxygen atoms in total. The topological polar surface area (TPSA) is 42.0 Å². The second-order valence-electron chi connectivity index (χ2n) is 5.90. The van der Waals surface area contributed by atoms with Gasteiger partial charge in [0.15, 0.2) is 0 Å². The summed E-state index contributed by atoms with van der Waals surface area (Å²) in [6, 6.07) is 11.9. The van der Waals surface area contributed by atoms with Gasteiger partial charge in [-0.25, -0.2) is 0 Å². The molecular weight excluding hydrogens is 284 g/mol. The summed E-state index contributed by atoms with van der Waals surface area (Å²) in [5.74, 6) is -0.119. The molecule has 0 unspecified atom stereocenters. The Kier molecular flexibility index (Phi) is 6.33. The van der Waals surface area contributed by atoms with Gasteiger partial charge in [0, 0.05) is 6.20 Å². The molecule has 0 radical (unpaired) electrons. The van der Waals surface area contributed by atoms with Crippen molar-refractivity contribution in [2.45, 2.75) is 52.5 Å². The van der Waals surface area contributed by atoms with Gasteiger partial charge in [-0.05, 0) is 48.6 Å². The molecule has 1 N–H and O–H groups in total. The number of hydrogen-bond donors (Lipinski definition) is 1. The summed E-state index contributed by atoms with van der Waals surface area (Å²) in [5, 5.41) is 3.11. The maximum Gasteiger partial charge on any atom is 0.270 e. The highest BCUT2D eigenvalue weighted by Gasteiger charge is 2.17. The molecule has 2 rings (SSSR count). The zero-order valence-corrected chi connectivity index (χ0v) is 14.3. The lowest BCUT2D eigenvalue weighted by Crippen LogP contribution is -2.28. The third-order valence-corrected chi connectivity index (χ3v) is 4.00. The number of nitrogens with zero attached hydrogens (tertiary/aromatic N) is 1. The third-order valence-electron chi connectivity index (χ3n) is 4.00. The van der Waals surface area contributed by atoms with E-state index in [4.69, 9.17) is 0 Å². The van der Waals surface area contributed by atoms with Crippen molar-refractivity contribution < 1.29 is 4.79 Å². The van der Waals surface area contributed by atoms with E-state index in [1.807, 2.05) is 12.1 Å². The van der Waals surface area contributed by atoms with E-state index in [-0.39, 0.29) is 11.9 Å². The summed E-state index contributed by atoms with van der Waals surface area (Å²) in [6.45, 7) is 6.44. The maximum atomic E-state index is 12.4. The number of aryl methyl sites for hydroxylation is 2. The van der Waals surface area contributed by atoms with E-state index >= 15 is 0 Å². The molecule has 0 aliphatic rings.